The third kappa shape index (κ3) is 5.95. The van der Waals surface area contributed by atoms with Crippen molar-refractivity contribution in [1.82, 2.24) is 4.90 Å². The molecule has 0 fully saturated rings. The summed E-state index contributed by atoms with van der Waals surface area (Å²) in [7, 11) is 0. The average molecular weight is 287 g/mol. The number of nitrogens with zero attached hydrogens (tertiary/aromatic N) is 1. The molecule has 0 amide bonds. The zero-order valence-electron chi connectivity index (χ0n) is 12.3. The van der Waals surface area contributed by atoms with Gasteiger partial charge < -0.3 is 0 Å². The number of hydrogen-bond acceptors (Lipinski definition) is 1. The molecule has 0 spiro atoms. The lowest BCUT2D eigenvalue weighted by Gasteiger charge is -2.22. The minimum Gasteiger partial charge on any atom is -0.299 e. The largest absolute Gasteiger partial charge is 0.416 e. The van der Waals surface area contributed by atoms with Gasteiger partial charge in [-0.15, -0.1) is 0 Å². The third-order valence-corrected chi connectivity index (χ3v) is 3.34. The molecule has 0 aliphatic rings. The van der Waals surface area contributed by atoms with Crippen LogP contribution in [0.15, 0.2) is 24.3 Å². The van der Waals surface area contributed by atoms with E-state index in [-0.39, 0.29) is 0 Å². The highest BCUT2D eigenvalue weighted by molar-refractivity contribution is 5.24. The quantitative estimate of drug-likeness (QED) is 0.642. The Morgan fingerprint density at radius 3 is 1.80 bits per heavy atom. The molecule has 1 aromatic carbocycles. The second-order valence-corrected chi connectivity index (χ2v) is 5.18. The van der Waals surface area contributed by atoms with Crippen LogP contribution in [-0.4, -0.2) is 18.0 Å². The summed E-state index contributed by atoms with van der Waals surface area (Å²) in [6, 6.07) is 5.53. The number of halogens is 3. The first-order valence-electron chi connectivity index (χ1n) is 7.35. The molecule has 0 heterocycles. The van der Waals surface area contributed by atoms with Crippen LogP contribution in [0.5, 0.6) is 0 Å². The Bertz CT molecular complexity index is 362. The standard InChI is InChI=1S/C16H24F3N/c1-3-5-11-20(12-6-4-2)13-14-7-9-15(10-8-14)16(17,18)19/h7-10H,3-6,11-13H2,1-2H3. The SMILES string of the molecule is CCCCN(CCCC)Cc1ccc(C(F)(F)F)cc1. The van der Waals surface area contributed by atoms with Crippen molar-refractivity contribution in [3.63, 3.8) is 0 Å². The zero-order valence-corrected chi connectivity index (χ0v) is 12.3. The van der Waals surface area contributed by atoms with Crippen LogP contribution >= 0.6 is 0 Å². The fraction of sp³-hybridized carbons (Fsp3) is 0.625. The molecule has 20 heavy (non-hydrogen) atoms. The van der Waals surface area contributed by atoms with Gasteiger partial charge in [-0.05, 0) is 43.6 Å². The summed E-state index contributed by atoms with van der Waals surface area (Å²) in [4.78, 5) is 2.33. The summed E-state index contributed by atoms with van der Waals surface area (Å²) < 4.78 is 37.5. The highest BCUT2D eigenvalue weighted by Crippen LogP contribution is 2.29. The van der Waals surface area contributed by atoms with Crippen LogP contribution in [0, 0.1) is 0 Å². The lowest BCUT2D eigenvalue weighted by Crippen LogP contribution is -2.25. The number of alkyl halides is 3. The van der Waals surface area contributed by atoms with Crippen LogP contribution in [0.3, 0.4) is 0 Å². The molecule has 0 aliphatic carbocycles. The monoisotopic (exact) mass is 287 g/mol. The third-order valence-electron chi connectivity index (χ3n) is 3.34. The first kappa shape index (κ1) is 17.0. The fourth-order valence-electron chi connectivity index (χ4n) is 2.09. The Balaban J connectivity index is 2.62. The molecule has 0 unspecified atom stereocenters. The van der Waals surface area contributed by atoms with Gasteiger partial charge in [0.2, 0.25) is 0 Å². The van der Waals surface area contributed by atoms with Crippen LogP contribution < -0.4 is 0 Å². The molecule has 0 saturated carbocycles. The second kappa shape index (κ2) is 8.30. The lowest BCUT2D eigenvalue weighted by molar-refractivity contribution is -0.137. The van der Waals surface area contributed by atoms with Crippen molar-refractivity contribution in [3.05, 3.63) is 35.4 Å². The molecule has 1 rings (SSSR count). The maximum atomic E-state index is 12.5. The van der Waals surface area contributed by atoms with Crippen LogP contribution in [0.1, 0.15) is 50.7 Å². The highest BCUT2D eigenvalue weighted by atomic mass is 19.4. The second-order valence-electron chi connectivity index (χ2n) is 5.18. The summed E-state index contributed by atoms with van der Waals surface area (Å²) in [5.41, 5.74) is 0.375. The van der Waals surface area contributed by atoms with Gasteiger partial charge in [-0.3, -0.25) is 4.90 Å². The molecular formula is C16H24F3N. The van der Waals surface area contributed by atoms with Crippen molar-refractivity contribution in [3.8, 4) is 0 Å². The van der Waals surface area contributed by atoms with E-state index < -0.39 is 11.7 Å². The summed E-state index contributed by atoms with van der Waals surface area (Å²) in [6.07, 6.45) is 0.280. The van der Waals surface area contributed by atoms with E-state index in [2.05, 4.69) is 18.7 Å². The summed E-state index contributed by atoms with van der Waals surface area (Å²) in [5.74, 6) is 0. The molecule has 0 N–H and O–H groups in total. The molecule has 0 saturated heterocycles. The van der Waals surface area contributed by atoms with Crippen LogP contribution in [-0.2, 0) is 12.7 Å². The molecule has 0 radical (unpaired) electrons. The van der Waals surface area contributed by atoms with Crippen LogP contribution in [0.2, 0.25) is 0 Å². The molecule has 4 heteroatoms. The van der Waals surface area contributed by atoms with Gasteiger partial charge in [-0.25, -0.2) is 0 Å². The van der Waals surface area contributed by atoms with Gasteiger partial charge in [0, 0.05) is 6.54 Å². The Labute approximate surface area is 119 Å². The number of benzene rings is 1. The van der Waals surface area contributed by atoms with Gasteiger partial charge in [-0.1, -0.05) is 38.8 Å². The normalized spacial score (nSPS) is 12.1. The smallest absolute Gasteiger partial charge is 0.299 e. The maximum Gasteiger partial charge on any atom is 0.416 e. The highest BCUT2D eigenvalue weighted by Gasteiger charge is 2.29. The van der Waals surface area contributed by atoms with Gasteiger partial charge in [-0.2, -0.15) is 13.2 Å². The lowest BCUT2D eigenvalue weighted by atomic mass is 10.1. The predicted molar refractivity (Wildman–Crippen MR) is 76.5 cm³/mol. The minimum atomic E-state index is -4.25. The molecule has 0 aliphatic heterocycles. The molecule has 0 atom stereocenters. The fourth-order valence-corrected chi connectivity index (χ4v) is 2.09. The Morgan fingerprint density at radius 1 is 0.900 bits per heavy atom. The first-order chi connectivity index (χ1) is 9.47. The molecule has 1 nitrogen and oxygen atoms in total. The number of unbranched alkanes of at least 4 members (excludes halogenated alkanes) is 2. The Morgan fingerprint density at radius 2 is 1.40 bits per heavy atom. The molecule has 0 bridgehead atoms. The van der Waals surface area contributed by atoms with E-state index in [0.29, 0.717) is 0 Å². The van der Waals surface area contributed by atoms with Crippen LogP contribution in [0.4, 0.5) is 13.2 Å². The summed E-state index contributed by atoms with van der Waals surface area (Å²) in [6.45, 7) is 7.05. The van der Waals surface area contributed by atoms with E-state index in [9.17, 15) is 13.2 Å². The van der Waals surface area contributed by atoms with Crippen molar-refractivity contribution >= 4 is 0 Å². The van der Waals surface area contributed by atoms with Crippen molar-refractivity contribution in [2.24, 2.45) is 0 Å². The summed E-state index contributed by atoms with van der Waals surface area (Å²) >= 11 is 0. The van der Waals surface area contributed by atoms with E-state index in [0.717, 1.165) is 50.9 Å². The molecule has 1 aromatic rings. The van der Waals surface area contributed by atoms with E-state index in [4.69, 9.17) is 0 Å². The van der Waals surface area contributed by atoms with Crippen LogP contribution in [0.25, 0.3) is 0 Å². The van der Waals surface area contributed by atoms with Gasteiger partial charge in [0.05, 0.1) is 5.56 Å². The van der Waals surface area contributed by atoms with Crippen molar-refractivity contribution in [2.75, 3.05) is 13.1 Å². The Kier molecular flexibility index (Phi) is 7.06. The zero-order chi connectivity index (χ0) is 15.0. The molecule has 0 aromatic heterocycles. The van der Waals surface area contributed by atoms with Gasteiger partial charge in [0.1, 0.15) is 0 Å². The topological polar surface area (TPSA) is 3.24 Å². The number of rotatable bonds is 8. The van der Waals surface area contributed by atoms with Gasteiger partial charge in [0.15, 0.2) is 0 Å². The van der Waals surface area contributed by atoms with Crippen molar-refractivity contribution in [1.29, 1.82) is 0 Å². The minimum absolute atomic E-state index is 0.574. The number of hydrogen-bond donors (Lipinski definition) is 0. The molecule has 114 valence electrons. The van der Waals surface area contributed by atoms with E-state index in [1.165, 1.54) is 12.1 Å². The Hall–Kier alpha value is -1.03. The predicted octanol–water partition coefficient (Wildman–Crippen LogP) is 5.11. The van der Waals surface area contributed by atoms with Gasteiger partial charge >= 0.3 is 6.18 Å². The van der Waals surface area contributed by atoms with Crippen molar-refractivity contribution in [2.45, 2.75) is 52.3 Å². The maximum absolute atomic E-state index is 12.5. The molecular weight excluding hydrogens is 263 g/mol. The average Bonchev–Trinajstić information content (AvgIpc) is 2.41. The van der Waals surface area contributed by atoms with Gasteiger partial charge in [0.25, 0.3) is 0 Å². The van der Waals surface area contributed by atoms with E-state index in [1.807, 2.05) is 0 Å². The van der Waals surface area contributed by atoms with E-state index >= 15 is 0 Å². The summed E-state index contributed by atoms with van der Waals surface area (Å²) in [5, 5.41) is 0. The van der Waals surface area contributed by atoms with Crippen molar-refractivity contribution < 1.29 is 13.2 Å². The van der Waals surface area contributed by atoms with E-state index in [1.54, 1.807) is 12.1 Å². The first-order valence-corrected chi connectivity index (χ1v) is 7.35.